The predicted octanol–water partition coefficient (Wildman–Crippen LogP) is 2.73. The third kappa shape index (κ3) is 2.20. The van der Waals surface area contributed by atoms with Crippen LogP contribution in [0.3, 0.4) is 0 Å². The highest BCUT2D eigenvalue weighted by Crippen LogP contribution is 2.11. The average molecular weight is 251 g/mol. The molecule has 4 heteroatoms. The van der Waals surface area contributed by atoms with Crippen LogP contribution >= 0.6 is 0 Å². The van der Waals surface area contributed by atoms with Crippen LogP contribution in [0.25, 0.3) is 11.0 Å². The number of rotatable bonds is 2. The van der Waals surface area contributed by atoms with E-state index in [-0.39, 0.29) is 5.91 Å². The molecule has 3 aromatic rings. The molecule has 1 heterocycles. The molecule has 94 valence electrons. The molecule has 1 N–H and O–H groups in total. The Bertz CT molecular complexity index is 746. The number of aromatic nitrogens is 2. The zero-order valence-electron chi connectivity index (χ0n) is 10.5. The van der Waals surface area contributed by atoms with E-state index in [1.165, 1.54) is 0 Å². The molecule has 0 aliphatic heterocycles. The van der Waals surface area contributed by atoms with Gasteiger partial charge in [0, 0.05) is 5.56 Å². The SMILES string of the molecule is Cc1cccc(C(=O)Nn2cnc3ccccc32)c1. The minimum Gasteiger partial charge on any atom is -0.267 e. The van der Waals surface area contributed by atoms with Crippen LogP contribution in [0.5, 0.6) is 0 Å². The van der Waals surface area contributed by atoms with Crippen LogP contribution < -0.4 is 5.43 Å². The van der Waals surface area contributed by atoms with Crippen molar-refractivity contribution < 1.29 is 4.79 Å². The number of hydrogen-bond donors (Lipinski definition) is 1. The van der Waals surface area contributed by atoms with Crippen molar-refractivity contribution in [2.24, 2.45) is 0 Å². The van der Waals surface area contributed by atoms with E-state index in [0.717, 1.165) is 16.6 Å². The van der Waals surface area contributed by atoms with Crippen molar-refractivity contribution in [1.29, 1.82) is 0 Å². The molecular weight excluding hydrogens is 238 g/mol. The van der Waals surface area contributed by atoms with E-state index in [0.29, 0.717) is 5.56 Å². The van der Waals surface area contributed by atoms with Gasteiger partial charge < -0.3 is 0 Å². The molecule has 0 saturated heterocycles. The van der Waals surface area contributed by atoms with E-state index in [2.05, 4.69) is 10.4 Å². The van der Waals surface area contributed by atoms with Crippen LogP contribution in [0, 0.1) is 6.92 Å². The Balaban J connectivity index is 1.91. The van der Waals surface area contributed by atoms with Crippen molar-refractivity contribution in [1.82, 2.24) is 9.66 Å². The molecule has 1 aromatic heterocycles. The average Bonchev–Trinajstić information content (AvgIpc) is 2.82. The van der Waals surface area contributed by atoms with Crippen molar-refractivity contribution in [2.75, 3.05) is 5.43 Å². The molecular formula is C15H13N3O. The number of para-hydroxylation sites is 2. The fourth-order valence-corrected chi connectivity index (χ4v) is 2.01. The van der Waals surface area contributed by atoms with Gasteiger partial charge in [-0.2, -0.15) is 0 Å². The molecule has 19 heavy (non-hydrogen) atoms. The number of aryl methyl sites for hydroxylation is 1. The molecule has 0 aliphatic rings. The summed E-state index contributed by atoms with van der Waals surface area (Å²) in [6.07, 6.45) is 1.61. The fraction of sp³-hybridized carbons (Fsp3) is 0.0667. The standard InChI is InChI=1S/C15H13N3O/c1-11-5-4-6-12(9-11)15(19)17-18-10-16-13-7-2-3-8-14(13)18/h2-10H,1H3,(H,17,19). The first kappa shape index (κ1) is 11.5. The van der Waals surface area contributed by atoms with Crippen LogP contribution in [0.2, 0.25) is 0 Å². The Morgan fingerprint density at radius 1 is 1.16 bits per heavy atom. The van der Waals surface area contributed by atoms with Crippen LogP contribution in [0.1, 0.15) is 15.9 Å². The van der Waals surface area contributed by atoms with Crippen LogP contribution in [0.15, 0.2) is 54.9 Å². The summed E-state index contributed by atoms with van der Waals surface area (Å²) in [5, 5.41) is 0. The highest BCUT2D eigenvalue weighted by molar-refractivity contribution is 6.00. The van der Waals surface area contributed by atoms with E-state index in [1.54, 1.807) is 17.1 Å². The molecule has 0 fully saturated rings. The van der Waals surface area contributed by atoms with Gasteiger partial charge in [-0.1, -0.05) is 29.8 Å². The van der Waals surface area contributed by atoms with Gasteiger partial charge in [0.1, 0.15) is 6.33 Å². The molecule has 4 nitrogen and oxygen atoms in total. The number of benzene rings is 2. The van der Waals surface area contributed by atoms with Crippen molar-refractivity contribution in [3.63, 3.8) is 0 Å². The van der Waals surface area contributed by atoms with E-state index in [9.17, 15) is 4.79 Å². The van der Waals surface area contributed by atoms with Gasteiger partial charge in [0.2, 0.25) is 0 Å². The third-order valence-electron chi connectivity index (χ3n) is 2.96. The van der Waals surface area contributed by atoms with Crippen LogP contribution in [-0.2, 0) is 0 Å². The summed E-state index contributed by atoms with van der Waals surface area (Å²) >= 11 is 0. The smallest absolute Gasteiger partial charge is 0.267 e. The first-order valence-electron chi connectivity index (χ1n) is 6.04. The molecule has 0 bridgehead atoms. The molecule has 0 aliphatic carbocycles. The van der Waals surface area contributed by atoms with Gasteiger partial charge in [-0.3, -0.25) is 10.2 Å². The van der Waals surface area contributed by atoms with E-state index in [4.69, 9.17) is 0 Å². The van der Waals surface area contributed by atoms with Crippen LogP contribution in [0.4, 0.5) is 0 Å². The minimum absolute atomic E-state index is 0.146. The lowest BCUT2D eigenvalue weighted by Crippen LogP contribution is -2.22. The summed E-state index contributed by atoms with van der Waals surface area (Å²) < 4.78 is 1.64. The first-order chi connectivity index (χ1) is 9.24. The summed E-state index contributed by atoms with van der Waals surface area (Å²) in [5.41, 5.74) is 6.25. The third-order valence-corrected chi connectivity index (χ3v) is 2.96. The normalized spacial score (nSPS) is 10.6. The van der Waals surface area contributed by atoms with Gasteiger partial charge in [0.05, 0.1) is 11.0 Å². The zero-order chi connectivity index (χ0) is 13.2. The maximum Gasteiger partial charge on any atom is 0.270 e. The second kappa shape index (κ2) is 4.57. The Labute approximate surface area is 110 Å². The number of amides is 1. The zero-order valence-corrected chi connectivity index (χ0v) is 10.5. The molecule has 0 saturated carbocycles. The molecule has 0 spiro atoms. The topological polar surface area (TPSA) is 46.9 Å². The predicted molar refractivity (Wildman–Crippen MR) is 74.6 cm³/mol. The van der Waals surface area contributed by atoms with Gasteiger partial charge in [-0.15, -0.1) is 0 Å². The number of carbonyl (C=O) groups excluding carboxylic acids is 1. The lowest BCUT2D eigenvalue weighted by Gasteiger charge is -2.07. The second-order valence-electron chi connectivity index (χ2n) is 4.41. The minimum atomic E-state index is -0.146. The highest BCUT2D eigenvalue weighted by Gasteiger charge is 2.08. The van der Waals surface area contributed by atoms with Crippen LogP contribution in [-0.4, -0.2) is 15.6 Å². The molecule has 3 rings (SSSR count). The Morgan fingerprint density at radius 3 is 2.84 bits per heavy atom. The summed E-state index contributed by atoms with van der Waals surface area (Å²) in [6.45, 7) is 1.96. The number of fused-ring (bicyclic) bond motifs is 1. The number of nitrogens with one attached hydrogen (secondary N) is 1. The van der Waals surface area contributed by atoms with Gasteiger partial charge in [0.15, 0.2) is 0 Å². The summed E-state index contributed by atoms with van der Waals surface area (Å²) in [7, 11) is 0. The molecule has 0 unspecified atom stereocenters. The lowest BCUT2D eigenvalue weighted by atomic mass is 10.1. The lowest BCUT2D eigenvalue weighted by molar-refractivity contribution is 0.101. The second-order valence-corrected chi connectivity index (χ2v) is 4.41. The van der Waals surface area contributed by atoms with E-state index < -0.39 is 0 Å². The summed E-state index contributed by atoms with van der Waals surface area (Å²) in [5.74, 6) is -0.146. The fourth-order valence-electron chi connectivity index (χ4n) is 2.01. The van der Waals surface area contributed by atoms with Gasteiger partial charge in [-0.25, -0.2) is 9.66 Å². The molecule has 2 aromatic carbocycles. The Kier molecular flexibility index (Phi) is 2.76. The number of imidazole rings is 1. The first-order valence-corrected chi connectivity index (χ1v) is 6.04. The monoisotopic (exact) mass is 251 g/mol. The van der Waals surface area contributed by atoms with E-state index >= 15 is 0 Å². The summed E-state index contributed by atoms with van der Waals surface area (Å²) in [4.78, 5) is 16.4. The maximum atomic E-state index is 12.1. The number of carbonyl (C=O) groups is 1. The quantitative estimate of drug-likeness (QED) is 0.761. The highest BCUT2D eigenvalue weighted by atomic mass is 16.2. The molecule has 0 radical (unpaired) electrons. The molecule has 1 amide bonds. The van der Waals surface area contributed by atoms with Gasteiger partial charge in [0.25, 0.3) is 5.91 Å². The van der Waals surface area contributed by atoms with Crippen molar-refractivity contribution in [2.45, 2.75) is 6.92 Å². The van der Waals surface area contributed by atoms with E-state index in [1.807, 2.05) is 49.4 Å². The number of hydrogen-bond acceptors (Lipinski definition) is 2. The number of nitrogens with zero attached hydrogens (tertiary/aromatic N) is 2. The Hall–Kier alpha value is -2.62. The Morgan fingerprint density at radius 2 is 2.00 bits per heavy atom. The molecule has 0 atom stereocenters. The summed E-state index contributed by atoms with van der Waals surface area (Å²) in [6, 6.07) is 15.1. The van der Waals surface area contributed by atoms with Gasteiger partial charge >= 0.3 is 0 Å². The van der Waals surface area contributed by atoms with Gasteiger partial charge in [-0.05, 0) is 31.2 Å². The van der Waals surface area contributed by atoms with Crippen molar-refractivity contribution >= 4 is 16.9 Å². The largest absolute Gasteiger partial charge is 0.270 e. The van der Waals surface area contributed by atoms with Crippen molar-refractivity contribution in [3.05, 3.63) is 66.0 Å². The maximum absolute atomic E-state index is 12.1. The van der Waals surface area contributed by atoms with Crippen molar-refractivity contribution in [3.8, 4) is 0 Å².